The zero-order valence-electron chi connectivity index (χ0n) is 11.3. The van der Waals surface area contributed by atoms with Gasteiger partial charge in [0.05, 0.1) is 0 Å². The van der Waals surface area contributed by atoms with Crippen LogP contribution in [0.15, 0.2) is 18.2 Å². The molecule has 0 saturated heterocycles. The van der Waals surface area contributed by atoms with Gasteiger partial charge >= 0.3 is 0 Å². The molecular formula is C15H23FN2. The minimum absolute atomic E-state index is 0.136. The minimum atomic E-state index is -0.136. The molecule has 1 atom stereocenters. The molecule has 18 heavy (non-hydrogen) atoms. The summed E-state index contributed by atoms with van der Waals surface area (Å²) in [6.45, 7) is 5.68. The summed E-state index contributed by atoms with van der Waals surface area (Å²) in [5.74, 6) is -0.136. The molecule has 2 rings (SSSR count). The first-order valence-electron chi connectivity index (χ1n) is 6.89. The van der Waals surface area contributed by atoms with E-state index in [4.69, 9.17) is 5.73 Å². The fourth-order valence-electron chi connectivity index (χ4n) is 2.60. The third-order valence-corrected chi connectivity index (χ3v) is 3.69. The van der Waals surface area contributed by atoms with E-state index < -0.39 is 0 Å². The topological polar surface area (TPSA) is 29.3 Å². The number of aryl methyl sites for hydroxylation is 1. The Labute approximate surface area is 109 Å². The number of nitrogens with two attached hydrogens (primary N) is 1. The van der Waals surface area contributed by atoms with Crippen molar-refractivity contribution in [3.05, 3.63) is 35.1 Å². The Kier molecular flexibility index (Phi) is 4.36. The predicted molar refractivity (Wildman–Crippen MR) is 73.0 cm³/mol. The summed E-state index contributed by atoms with van der Waals surface area (Å²) in [6.07, 6.45) is 3.68. The number of hydrogen-bond acceptors (Lipinski definition) is 2. The maximum atomic E-state index is 13.3. The molecule has 0 spiro atoms. The molecule has 0 heterocycles. The number of rotatable bonds is 6. The second kappa shape index (κ2) is 5.81. The molecule has 0 bridgehead atoms. The number of halogens is 1. The summed E-state index contributed by atoms with van der Waals surface area (Å²) >= 11 is 0. The van der Waals surface area contributed by atoms with Gasteiger partial charge in [-0.3, -0.25) is 4.90 Å². The molecule has 0 radical (unpaired) electrons. The van der Waals surface area contributed by atoms with E-state index in [2.05, 4.69) is 11.8 Å². The monoisotopic (exact) mass is 250 g/mol. The molecule has 2 nitrogen and oxygen atoms in total. The van der Waals surface area contributed by atoms with Gasteiger partial charge in [0.25, 0.3) is 0 Å². The Balaban J connectivity index is 2.22. The van der Waals surface area contributed by atoms with E-state index in [9.17, 15) is 4.39 Å². The zero-order valence-corrected chi connectivity index (χ0v) is 11.3. The van der Waals surface area contributed by atoms with Crippen molar-refractivity contribution in [2.75, 3.05) is 13.1 Å². The molecule has 1 unspecified atom stereocenters. The van der Waals surface area contributed by atoms with Crippen molar-refractivity contribution >= 4 is 0 Å². The van der Waals surface area contributed by atoms with Crippen LogP contribution in [-0.2, 0) is 0 Å². The van der Waals surface area contributed by atoms with E-state index in [0.717, 1.165) is 18.5 Å². The molecule has 100 valence electrons. The van der Waals surface area contributed by atoms with Gasteiger partial charge in [0.1, 0.15) is 5.82 Å². The van der Waals surface area contributed by atoms with Crippen LogP contribution in [0.25, 0.3) is 0 Å². The first kappa shape index (κ1) is 13.5. The van der Waals surface area contributed by atoms with Crippen molar-refractivity contribution in [1.29, 1.82) is 0 Å². The van der Waals surface area contributed by atoms with Crippen molar-refractivity contribution in [3.8, 4) is 0 Å². The van der Waals surface area contributed by atoms with Gasteiger partial charge in [-0.15, -0.1) is 0 Å². The SMILES string of the molecule is CCCN(C1CC1)C(CN)c1ccc(F)c(C)c1. The maximum absolute atomic E-state index is 13.3. The Morgan fingerprint density at radius 1 is 1.44 bits per heavy atom. The Hall–Kier alpha value is -0.930. The van der Waals surface area contributed by atoms with Gasteiger partial charge in [-0.2, -0.15) is 0 Å². The molecular weight excluding hydrogens is 227 g/mol. The van der Waals surface area contributed by atoms with Crippen LogP contribution < -0.4 is 5.73 Å². The zero-order chi connectivity index (χ0) is 13.1. The predicted octanol–water partition coefficient (Wildman–Crippen LogP) is 3.01. The highest BCUT2D eigenvalue weighted by atomic mass is 19.1. The molecule has 1 aliphatic rings. The first-order valence-corrected chi connectivity index (χ1v) is 6.89. The third-order valence-electron chi connectivity index (χ3n) is 3.69. The molecule has 0 aliphatic heterocycles. The Morgan fingerprint density at radius 3 is 2.67 bits per heavy atom. The second-order valence-electron chi connectivity index (χ2n) is 5.23. The standard InChI is InChI=1S/C15H23FN2/c1-3-8-18(13-5-6-13)15(10-17)12-4-7-14(16)11(2)9-12/h4,7,9,13,15H,3,5-6,8,10,17H2,1-2H3. The Morgan fingerprint density at radius 2 is 2.17 bits per heavy atom. The average molecular weight is 250 g/mol. The summed E-state index contributed by atoms with van der Waals surface area (Å²) in [5, 5.41) is 0. The van der Waals surface area contributed by atoms with E-state index in [1.165, 1.54) is 12.8 Å². The van der Waals surface area contributed by atoms with E-state index in [1.807, 2.05) is 19.1 Å². The van der Waals surface area contributed by atoms with Gasteiger partial charge in [-0.1, -0.05) is 19.1 Å². The van der Waals surface area contributed by atoms with Crippen LogP contribution in [-0.4, -0.2) is 24.0 Å². The van der Waals surface area contributed by atoms with Crippen LogP contribution in [0.3, 0.4) is 0 Å². The van der Waals surface area contributed by atoms with E-state index in [1.54, 1.807) is 6.07 Å². The number of nitrogens with zero attached hydrogens (tertiary/aromatic N) is 1. The molecule has 1 aromatic rings. The molecule has 1 aromatic carbocycles. The second-order valence-corrected chi connectivity index (χ2v) is 5.23. The van der Waals surface area contributed by atoms with Crippen LogP contribution in [0.4, 0.5) is 4.39 Å². The van der Waals surface area contributed by atoms with Gasteiger partial charge in [0, 0.05) is 18.6 Å². The summed E-state index contributed by atoms with van der Waals surface area (Å²) in [7, 11) is 0. The highest BCUT2D eigenvalue weighted by molar-refractivity contribution is 5.27. The van der Waals surface area contributed by atoms with Crippen molar-refractivity contribution in [2.45, 2.75) is 45.2 Å². The average Bonchev–Trinajstić information content (AvgIpc) is 3.17. The summed E-state index contributed by atoms with van der Waals surface area (Å²) in [4.78, 5) is 2.49. The molecule has 0 amide bonds. The fourth-order valence-corrected chi connectivity index (χ4v) is 2.60. The van der Waals surface area contributed by atoms with Crippen LogP contribution in [0.2, 0.25) is 0 Å². The van der Waals surface area contributed by atoms with Crippen LogP contribution in [0.1, 0.15) is 43.4 Å². The van der Waals surface area contributed by atoms with Crippen molar-refractivity contribution in [2.24, 2.45) is 5.73 Å². The van der Waals surface area contributed by atoms with Crippen molar-refractivity contribution in [3.63, 3.8) is 0 Å². The normalized spacial score (nSPS) is 17.2. The van der Waals surface area contributed by atoms with Crippen LogP contribution in [0.5, 0.6) is 0 Å². The molecule has 1 fully saturated rings. The molecule has 2 N–H and O–H groups in total. The van der Waals surface area contributed by atoms with E-state index in [-0.39, 0.29) is 11.9 Å². The highest BCUT2D eigenvalue weighted by Gasteiger charge is 2.33. The lowest BCUT2D eigenvalue weighted by atomic mass is 10.0. The van der Waals surface area contributed by atoms with Gasteiger partial charge in [0.2, 0.25) is 0 Å². The van der Waals surface area contributed by atoms with Crippen LogP contribution in [0, 0.1) is 12.7 Å². The van der Waals surface area contributed by atoms with Gasteiger partial charge in [0.15, 0.2) is 0 Å². The molecule has 1 saturated carbocycles. The van der Waals surface area contributed by atoms with Crippen molar-refractivity contribution < 1.29 is 4.39 Å². The lowest BCUT2D eigenvalue weighted by Crippen LogP contribution is -2.36. The molecule has 1 aliphatic carbocycles. The van der Waals surface area contributed by atoms with E-state index in [0.29, 0.717) is 18.2 Å². The Bertz CT molecular complexity index is 401. The maximum Gasteiger partial charge on any atom is 0.126 e. The van der Waals surface area contributed by atoms with Gasteiger partial charge < -0.3 is 5.73 Å². The summed E-state index contributed by atoms with van der Waals surface area (Å²) < 4.78 is 13.3. The highest BCUT2D eigenvalue weighted by Crippen LogP contribution is 2.34. The quantitative estimate of drug-likeness (QED) is 0.841. The van der Waals surface area contributed by atoms with Crippen LogP contribution >= 0.6 is 0 Å². The lowest BCUT2D eigenvalue weighted by molar-refractivity contribution is 0.191. The largest absolute Gasteiger partial charge is 0.329 e. The lowest BCUT2D eigenvalue weighted by Gasteiger charge is -2.31. The minimum Gasteiger partial charge on any atom is -0.329 e. The van der Waals surface area contributed by atoms with Crippen molar-refractivity contribution in [1.82, 2.24) is 4.90 Å². The number of benzene rings is 1. The number of hydrogen-bond donors (Lipinski definition) is 1. The molecule has 3 heteroatoms. The summed E-state index contributed by atoms with van der Waals surface area (Å²) in [5.41, 5.74) is 7.81. The smallest absolute Gasteiger partial charge is 0.126 e. The fraction of sp³-hybridized carbons (Fsp3) is 0.600. The van der Waals surface area contributed by atoms with Gasteiger partial charge in [-0.05, 0) is 49.9 Å². The van der Waals surface area contributed by atoms with E-state index >= 15 is 0 Å². The summed E-state index contributed by atoms with van der Waals surface area (Å²) in [6, 6.07) is 6.30. The molecule has 0 aromatic heterocycles. The first-order chi connectivity index (χ1) is 8.67. The third kappa shape index (κ3) is 2.90. The van der Waals surface area contributed by atoms with Gasteiger partial charge in [-0.25, -0.2) is 4.39 Å².